The molecule has 13 heteroatoms. The molecule has 20 heavy (non-hydrogen) atoms. The van der Waals surface area contributed by atoms with Gasteiger partial charge in [0.05, 0.1) is 0 Å². The van der Waals surface area contributed by atoms with Crippen molar-refractivity contribution in [2.24, 2.45) is 0 Å². The van der Waals surface area contributed by atoms with Gasteiger partial charge in [-0.05, 0) is 0 Å². The number of halogens is 10. The molecule has 0 atom stereocenters. The van der Waals surface area contributed by atoms with Gasteiger partial charge in [0.25, 0.3) is 0 Å². The molecule has 0 saturated heterocycles. The van der Waals surface area contributed by atoms with Gasteiger partial charge in [0, 0.05) is 0 Å². The number of carbonyl (C=O) groups is 1. The van der Waals surface area contributed by atoms with Crippen molar-refractivity contribution in [2.75, 3.05) is 13.2 Å². The van der Waals surface area contributed by atoms with Crippen molar-refractivity contribution in [3.63, 3.8) is 0 Å². The molecule has 0 spiro atoms. The Morgan fingerprint density at radius 3 is 1.50 bits per heavy atom. The Bertz CT molecular complexity index is 344. The number of hydrogen-bond donors (Lipinski definition) is 0. The first kappa shape index (κ1) is 18.6. The Hall–Kier alpha value is -1.43. The van der Waals surface area contributed by atoms with Crippen LogP contribution in [0.5, 0.6) is 0 Å². The van der Waals surface area contributed by atoms with Crippen molar-refractivity contribution in [1.29, 1.82) is 0 Å². The summed E-state index contributed by atoms with van der Waals surface area (Å²) in [6, 6.07) is 0. The second-order valence-electron chi connectivity index (χ2n) is 3.22. The summed E-state index contributed by atoms with van der Waals surface area (Å²) in [7, 11) is 0. The third-order valence-corrected chi connectivity index (χ3v) is 1.54. The number of rotatable bonds is 4. The van der Waals surface area contributed by atoms with E-state index in [0.717, 1.165) is 0 Å². The van der Waals surface area contributed by atoms with Gasteiger partial charge in [-0.15, -0.1) is 0 Å². The van der Waals surface area contributed by atoms with Crippen molar-refractivity contribution in [3.8, 4) is 0 Å². The Labute approximate surface area is 103 Å². The van der Waals surface area contributed by atoms with E-state index in [0.29, 0.717) is 0 Å². The van der Waals surface area contributed by atoms with Crippen LogP contribution in [0.4, 0.5) is 48.7 Å². The Morgan fingerprint density at radius 2 is 1.15 bits per heavy atom. The standard InChI is InChI=1S/C7H4F10O3/c8-4(9,6(13,14)7(15,16)17)1-19-3(18)20-2-5(10,11)12/h1-2H2. The molecule has 0 N–H and O–H groups in total. The zero-order valence-corrected chi connectivity index (χ0v) is 8.92. The molecule has 0 heterocycles. The number of alkyl halides is 10. The summed E-state index contributed by atoms with van der Waals surface area (Å²) in [5.74, 6) is -12.4. The summed E-state index contributed by atoms with van der Waals surface area (Å²) in [5, 5.41) is 0. The van der Waals surface area contributed by atoms with Gasteiger partial charge in [-0.2, -0.15) is 43.9 Å². The highest BCUT2D eigenvalue weighted by Crippen LogP contribution is 2.46. The molecule has 0 aliphatic carbocycles. The quantitative estimate of drug-likeness (QED) is 0.586. The number of hydrogen-bond acceptors (Lipinski definition) is 3. The third-order valence-electron chi connectivity index (χ3n) is 1.54. The van der Waals surface area contributed by atoms with Gasteiger partial charge in [-0.3, -0.25) is 0 Å². The number of ether oxygens (including phenoxy) is 2. The van der Waals surface area contributed by atoms with Crippen LogP contribution >= 0.6 is 0 Å². The zero-order valence-electron chi connectivity index (χ0n) is 8.92. The van der Waals surface area contributed by atoms with Gasteiger partial charge in [0.1, 0.15) is 0 Å². The SMILES string of the molecule is O=C(OCC(F)(F)F)OCC(F)(F)C(F)(F)C(F)(F)F. The van der Waals surface area contributed by atoms with Gasteiger partial charge >= 0.3 is 30.4 Å². The highest BCUT2D eigenvalue weighted by Gasteiger charge is 2.73. The summed E-state index contributed by atoms with van der Waals surface area (Å²) in [4.78, 5) is 10.3. The van der Waals surface area contributed by atoms with Crippen LogP contribution in [0, 0.1) is 0 Å². The summed E-state index contributed by atoms with van der Waals surface area (Å²) >= 11 is 0. The molecule has 0 amide bonds. The lowest BCUT2D eigenvalue weighted by molar-refractivity contribution is -0.359. The van der Waals surface area contributed by atoms with Crippen molar-refractivity contribution >= 4 is 6.16 Å². The largest absolute Gasteiger partial charge is 0.508 e. The second kappa shape index (κ2) is 5.52. The molecular formula is C7H4F10O3. The topological polar surface area (TPSA) is 35.5 Å². The third kappa shape index (κ3) is 4.92. The van der Waals surface area contributed by atoms with Crippen LogP contribution in [0.2, 0.25) is 0 Å². The molecule has 0 rings (SSSR count). The molecule has 0 fully saturated rings. The van der Waals surface area contributed by atoms with Gasteiger partial charge in [0.2, 0.25) is 0 Å². The van der Waals surface area contributed by atoms with Crippen LogP contribution in [-0.2, 0) is 9.47 Å². The molecule has 0 aromatic carbocycles. The fourth-order valence-electron chi connectivity index (χ4n) is 0.630. The van der Waals surface area contributed by atoms with E-state index in [1.165, 1.54) is 0 Å². The molecular weight excluding hydrogens is 322 g/mol. The van der Waals surface area contributed by atoms with Crippen LogP contribution in [0.3, 0.4) is 0 Å². The first-order chi connectivity index (χ1) is 8.60. The number of carbonyl (C=O) groups excluding carboxylic acids is 1. The molecule has 0 unspecified atom stereocenters. The molecule has 120 valence electrons. The Morgan fingerprint density at radius 1 is 0.750 bits per heavy atom. The van der Waals surface area contributed by atoms with E-state index in [4.69, 9.17) is 0 Å². The lowest BCUT2D eigenvalue weighted by atomic mass is 10.2. The van der Waals surface area contributed by atoms with Crippen molar-refractivity contribution in [2.45, 2.75) is 24.2 Å². The highest BCUT2D eigenvalue weighted by atomic mass is 19.4. The normalized spacial score (nSPS) is 14.1. The van der Waals surface area contributed by atoms with Crippen LogP contribution in [0.1, 0.15) is 0 Å². The van der Waals surface area contributed by atoms with Crippen LogP contribution in [0.15, 0.2) is 0 Å². The minimum atomic E-state index is -6.64. The molecule has 0 bridgehead atoms. The Kier molecular flexibility index (Phi) is 5.12. The summed E-state index contributed by atoms with van der Waals surface area (Å²) in [5.41, 5.74) is 0. The Balaban J connectivity index is 4.54. The van der Waals surface area contributed by atoms with Crippen molar-refractivity contribution in [3.05, 3.63) is 0 Å². The first-order valence-corrected chi connectivity index (χ1v) is 4.29. The minimum absolute atomic E-state index is 2.28. The highest BCUT2D eigenvalue weighted by molar-refractivity contribution is 5.59. The van der Waals surface area contributed by atoms with Gasteiger partial charge in [-0.25, -0.2) is 4.79 Å². The van der Waals surface area contributed by atoms with E-state index in [1.807, 2.05) is 0 Å². The van der Waals surface area contributed by atoms with Crippen LogP contribution in [0.25, 0.3) is 0 Å². The maximum atomic E-state index is 12.5. The average molecular weight is 326 g/mol. The smallest absolute Gasteiger partial charge is 0.428 e. The molecule has 0 saturated carbocycles. The van der Waals surface area contributed by atoms with E-state index >= 15 is 0 Å². The first-order valence-electron chi connectivity index (χ1n) is 4.29. The van der Waals surface area contributed by atoms with E-state index < -0.39 is 43.6 Å². The molecule has 0 aromatic heterocycles. The lowest BCUT2D eigenvalue weighted by Crippen LogP contribution is -2.54. The predicted octanol–water partition coefficient (Wildman–Crippen LogP) is 3.53. The molecule has 0 aliphatic heterocycles. The zero-order chi connectivity index (χ0) is 16.4. The second-order valence-corrected chi connectivity index (χ2v) is 3.22. The molecule has 0 aliphatic rings. The van der Waals surface area contributed by atoms with E-state index in [1.54, 1.807) is 0 Å². The van der Waals surface area contributed by atoms with Gasteiger partial charge < -0.3 is 9.47 Å². The van der Waals surface area contributed by atoms with E-state index in [2.05, 4.69) is 9.47 Å². The maximum Gasteiger partial charge on any atom is 0.508 e. The monoisotopic (exact) mass is 326 g/mol. The summed E-state index contributed by atoms with van der Waals surface area (Å²) in [6.45, 7) is -5.09. The molecule has 3 nitrogen and oxygen atoms in total. The van der Waals surface area contributed by atoms with Gasteiger partial charge in [0.15, 0.2) is 13.2 Å². The molecule has 0 aromatic rings. The summed E-state index contributed by atoms with van der Waals surface area (Å²) in [6.07, 6.45) is -14.2. The predicted molar refractivity (Wildman–Crippen MR) is 39.3 cm³/mol. The fraction of sp³-hybridized carbons (Fsp3) is 0.857. The van der Waals surface area contributed by atoms with Crippen molar-refractivity contribution < 1.29 is 58.2 Å². The average Bonchev–Trinajstić information content (AvgIpc) is 2.20. The van der Waals surface area contributed by atoms with E-state index in [9.17, 15) is 48.7 Å². The fourth-order valence-corrected chi connectivity index (χ4v) is 0.630. The van der Waals surface area contributed by atoms with Crippen LogP contribution in [-0.4, -0.2) is 43.6 Å². The minimum Gasteiger partial charge on any atom is -0.428 e. The van der Waals surface area contributed by atoms with Gasteiger partial charge in [-0.1, -0.05) is 0 Å². The van der Waals surface area contributed by atoms with E-state index in [-0.39, 0.29) is 0 Å². The maximum absolute atomic E-state index is 12.5. The van der Waals surface area contributed by atoms with Crippen molar-refractivity contribution in [1.82, 2.24) is 0 Å². The lowest BCUT2D eigenvalue weighted by Gasteiger charge is -2.27. The van der Waals surface area contributed by atoms with Crippen LogP contribution < -0.4 is 0 Å². The summed E-state index contributed by atoms with van der Waals surface area (Å²) < 4.78 is 125. The molecule has 0 radical (unpaired) electrons.